The Morgan fingerprint density at radius 3 is 2.32 bits per heavy atom. The molecule has 0 fully saturated rings. The van der Waals surface area contributed by atoms with Crippen LogP contribution in [0.4, 0.5) is 0 Å². The van der Waals surface area contributed by atoms with Crippen LogP contribution in [0.5, 0.6) is 5.75 Å². The summed E-state index contributed by atoms with van der Waals surface area (Å²) < 4.78 is 5.64. The maximum atomic E-state index is 5.64. The van der Waals surface area contributed by atoms with E-state index in [-0.39, 0.29) is 0 Å². The van der Waals surface area contributed by atoms with Gasteiger partial charge in [-0.1, -0.05) is 26.0 Å². The van der Waals surface area contributed by atoms with Crippen LogP contribution in [0, 0.1) is 0 Å². The summed E-state index contributed by atoms with van der Waals surface area (Å²) in [5.41, 5.74) is 4.75. The van der Waals surface area contributed by atoms with Crippen LogP contribution < -0.4 is 4.74 Å². The molecule has 0 atom stereocenters. The normalized spacial score (nSPS) is 10.5. The summed E-state index contributed by atoms with van der Waals surface area (Å²) in [6.07, 6.45) is 3.90. The second kappa shape index (κ2) is 6.37. The van der Waals surface area contributed by atoms with Gasteiger partial charge < -0.3 is 4.74 Å². The van der Waals surface area contributed by atoms with Crippen molar-refractivity contribution < 1.29 is 4.74 Å². The highest BCUT2D eigenvalue weighted by atomic mass is 16.5. The van der Waals surface area contributed by atoms with E-state index in [1.165, 1.54) is 11.1 Å². The SMILES string of the molecule is CCOc1ccc(-c2ccc(CC)nc2)cc1CC. The van der Waals surface area contributed by atoms with E-state index in [4.69, 9.17) is 4.74 Å². The molecule has 0 aliphatic carbocycles. The van der Waals surface area contributed by atoms with Crippen molar-refractivity contribution in [3.63, 3.8) is 0 Å². The van der Waals surface area contributed by atoms with Crippen LogP contribution in [-0.4, -0.2) is 11.6 Å². The number of benzene rings is 1. The van der Waals surface area contributed by atoms with E-state index in [9.17, 15) is 0 Å². The van der Waals surface area contributed by atoms with Gasteiger partial charge in [0, 0.05) is 17.5 Å². The molecule has 0 radical (unpaired) electrons. The molecular weight excluding hydrogens is 234 g/mol. The van der Waals surface area contributed by atoms with Gasteiger partial charge in [0.15, 0.2) is 0 Å². The summed E-state index contributed by atoms with van der Waals surface area (Å²) in [6.45, 7) is 6.99. The summed E-state index contributed by atoms with van der Waals surface area (Å²) in [5, 5.41) is 0. The lowest BCUT2D eigenvalue weighted by molar-refractivity contribution is 0.337. The third-order valence-electron chi connectivity index (χ3n) is 3.26. The number of pyridine rings is 1. The third-order valence-corrected chi connectivity index (χ3v) is 3.26. The smallest absolute Gasteiger partial charge is 0.122 e. The molecule has 19 heavy (non-hydrogen) atoms. The van der Waals surface area contributed by atoms with E-state index in [0.717, 1.165) is 29.8 Å². The van der Waals surface area contributed by atoms with Crippen LogP contribution in [0.2, 0.25) is 0 Å². The zero-order valence-corrected chi connectivity index (χ0v) is 11.9. The van der Waals surface area contributed by atoms with E-state index in [1.54, 1.807) is 0 Å². The largest absolute Gasteiger partial charge is 0.494 e. The summed E-state index contributed by atoms with van der Waals surface area (Å²) >= 11 is 0. The van der Waals surface area contributed by atoms with Crippen molar-refractivity contribution in [1.82, 2.24) is 4.98 Å². The van der Waals surface area contributed by atoms with Gasteiger partial charge in [-0.2, -0.15) is 0 Å². The fraction of sp³-hybridized carbons (Fsp3) is 0.353. The van der Waals surface area contributed by atoms with Crippen molar-refractivity contribution in [3.05, 3.63) is 47.8 Å². The molecule has 0 unspecified atom stereocenters. The van der Waals surface area contributed by atoms with Crippen molar-refractivity contribution in [1.29, 1.82) is 0 Å². The monoisotopic (exact) mass is 255 g/mol. The molecule has 1 heterocycles. The predicted molar refractivity (Wildman–Crippen MR) is 79.6 cm³/mol. The van der Waals surface area contributed by atoms with Crippen molar-refractivity contribution >= 4 is 0 Å². The third kappa shape index (κ3) is 3.14. The van der Waals surface area contributed by atoms with Gasteiger partial charge >= 0.3 is 0 Å². The molecule has 2 nitrogen and oxygen atoms in total. The maximum absolute atomic E-state index is 5.64. The Bertz CT molecular complexity index is 531. The first-order chi connectivity index (χ1) is 9.28. The number of rotatable bonds is 5. The quantitative estimate of drug-likeness (QED) is 0.796. The first-order valence-electron chi connectivity index (χ1n) is 6.99. The van der Waals surface area contributed by atoms with Crippen LogP contribution in [0.25, 0.3) is 11.1 Å². The minimum Gasteiger partial charge on any atom is -0.494 e. The van der Waals surface area contributed by atoms with Crippen LogP contribution in [0.1, 0.15) is 32.0 Å². The number of aryl methyl sites for hydroxylation is 2. The van der Waals surface area contributed by atoms with Gasteiger partial charge in [-0.15, -0.1) is 0 Å². The average molecular weight is 255 g/mol. The van der Waals surface area contributed by atoms with Gasteiger partial charge in [-0.25, -0.2) is 0 Å². The van der Waals surface area contributed by atoms with Gasteiger partial charge in [-0.3, -0.25) is 4.98 Å². The van der Waals surface area contributed by atoms with E-state index in [2.05, 4.69) is 49.2 Å². The second-order valence-corrected chi connectivity index (χ2v) is 4.50. The molecule has 2 aromatic rings. The standard InChI is InChI=1S/C17H21NO/c1-4-13-11-14(8-10-17(13)19-6-3)15-7-9-16(5-2)18-12-15/h7-12H,4-6H2,1-3H3. The number of aromatic nitrogens is 1. The van der Waals surface area contributed by atoms with Gasteiger partial charge in [0.1, 0.15) is 5.75 Å². The number of hydrogen-bond donors (Lipinski definition) is 0. The highest BCUT2D eigenvalue weighted by Crippen LogP contribution is 2.27. The lowest BCUT2D eigenvalue weighted by Gasteiger charge is -2.11. The van der Waals surface area contributed by atoms with E-state index >= 15 is 0 Å². The molecule has 0 saturated heterocycles. The molecule has 0 aliphatic heterocycles. The number of hydrogen-bond acceptors (Lipinski definition) is 2. The van der Waals surface area contributed by atoms with Crippen LogP contribution >= 0.6 is 0 Å². The van der Waals surface area contributed by atoms with Crippen LogP contribution in [0.15, 0.2) is 36.5 Å². The summed E-state index contributed by atoms with van der Waals surface area (Å²) in [4.78, 5) is 4.46. The second-order valence-electron chi connectivity index (χ2n) is 4.50. The van der Waals surface area contributed by atoms with Gasteiger partial charge in [0.2, 0.25) is 0 Å². The highest BCUT2D eigenvalue weighted by Gasteiger charge is 2.05. The average Bonchev–Trinajstić information content (AvgIpc) is 2.48. The van der Waals surface area contributed by atoms with Crippen LogP contribution in [-0.2, 0) is 12.8 Å². The van der Waals surface area contributed by atoms with Crippen molar-refractivity contribution in [2.24, 2.45) is 0 Å². The fourth-order valence-electron chi connectivity index (χ4n) is 2.14. The topological polar surface area (TPSA) is 22.1 Å². The zero-order valence-electron chi connectivity index (χ0n) is 11.9. The van der Waals surface area contributed by atoms with Gasteiger partial charge in [0.25, 0.3) is 0 Å². The molecule has 0 aliphatic rings. The van der Waals surface area contributed by atoms with Gasteiger partial charge in [-0.05, 0) is 49.1 Å². The maximum Gasteiger partial charge on any atom is 0.122 e. The Labute approximate surface area is 115 Å². The Hall–Kier alpha value is -1.83. The van der Waals surface area contributed by atoms with Crippen LogP contribution in [0.3, 0.4) is 0 Å². The lowest BCUT2D eigenvalue weighted by atomic mass is 10.0. The number of ether oxygens (including phenoxy) is 1. The minimum absolute atomic E-state index is 0.707. The van der Waals surface area contributed by atoms with Crippen molar-refractivity contribution in [2.45, 2.75) is 33.6 Å². The molecule has 0 saturated carbocycles. The van der Waals surface area contributed by atoms with E-state index in [1.807, 2.05) is 13.1 Å². The molecule has 1 aromatic heterocycles. The molecule has 0 spiro atoms. The van der Waals surface area contributed by atoms with Crippen molar-refractivity contribution in [3.8, 4) is 16.9 Å². The molecule has 0 N–H and O–H groups in total. The summed E-state index contributed by atoms with van der Waals surface area (Å²) in [6, 6.07) is 10.6. The molecule has 2 rings (SSSR count). The first kappa shape index (κ1) is 13.6. The fourth-order valence-corrected chi connectivity index (χ4v) is 2.14. The minimum atomic E-state index is 0.707. The molecule has 1 aromatic carbocycles. The predicted octanol–water partition coefficient (Wildman–Crippen LogP) is 4.27. The Morgan fingerprint density at radius 2 is 1.74 bits per heavy atom. The highest BCUT2D eigenvalue weighted by molar-refractivity contribution is 5.65. The van der Waals surface area contributed by atoms with Gasteiger partial charge in [0.05, 0.1) is 6.61 Å². The number of nitrogens with zero attached hydrogens (tertiary/aromatic N) is 1. The van der Waals surface area contributed by atoms with E-state index in [0.29, 0.717) is 6.61 Å². The Balaban J connectivity index is 2.33. The lowest BCUT2D eigenvalue weighted by Crippen LogP contribution is -1.96. The summed E-state index contributed by atoms with van der Waals surface area (Å²) in [5.74, 6) is 0.992. The van der Waals surface area contributed by atoms with E-state index < -0.39 is 0 Å². The molecule has 0 bridgehead atoms. The Morgan fingerprint density at radius 1 is 0.947 bits per heavy atom. The molecule has 0 amide bonds. The Kier molecular flexibility index (Phi) is 4.56. The zero-order chi connectivity index (χ0) is 13.7. The molecule has 2 heteroatoms. The summed E-state index contributed by atoms with van der Waals surface area (Å²) in [7, 11) is 0. The molecular formula is C17H21NO. The first-order valence-corrected chi connectivity index (χ1v) is 6.99. The molecule has 100 valence electrons. The van der Waals surface area contributed by atoms with Crippen molar-refractivity contribution in [2.75, 3.05) is 6.61 Å².